The van der Waals surface area contributed by atoms with Crippen LogP contribution in [0.25, 0.3) is 0 Å². The van der Waals surface area contributed by atoms with E-state index >= 15 is 0 Å². The largest absolute Gasteiger partial charge is 0.381 e. The van der Waals surface area contributed by atoms with Crippen molar-refractivity contribution in [3.8, 4) is 0 Å². The zero-order valence-corrected chi connectivity index (χ0v) is 17.1. The summed E-state index contributed by atoms with van der Waals surface area (Å²) < 4.78 is 11.4. The molecule has 1 aliphatic rings. The molecule has 128 valence electrons. The fourth-order valence-corrected chi connectivity index (χ4v) is 2.05. The van der Waals surface area contributed by atoms with Gasteiger partial charge in [0, 0.05) is 25.7 Å². The second-order valence-electron chi connectivity index (χ2n) is 4.33. The highest BCUT2D eigenvalue weighted by atomic mass is 27.0. The summed E-state index contributed by atoms with van der Waals surface area (Å²) in [6.07, 6.45) is 2.78. The first-order chi connectivity index (χ1) is 10.3. The van der Waals surface area contributed by atoms with Crippen molar-refractivity contribution in [3.63, 3.8) is 0 Å². The van der Waals surface area contributed by atoms with Gasteiger partial charge in [-0.2, -0.15) is 0 Å². The molecule has 0 spiro atoms. The van der Waals surface area contributed by atoms with Crippen LogP contribution in [0.3, 0.4) is 0 Å². The second kappa shape index (κ2) is 22.7. The van der Waals surface area contributed by atoms with Crippen molar-refractivity contribution in [3.05, 3.63) is 0 Å². The van der Waals surface area contributed by atoms with Gasteiger partial charge in [-0.15, -0.1) is 5.79 Å². The molecule has 2 atom stereocenters. The summed E-state index contributed by atoms with van der Waals surface area (Å²) in [5.41, 5.74) is 0. The summed E-state index contributed by atoms with van der Waals surface area (Å²) in [5.74, 6) is 2.51. The molecule has 0 aliphatic carbocycles. The lowest BCUT2D eigenvalue weighted by Gasteiger charge is -2.32. The zero-order chi connectivity index (χ0) is 17.1. The van der Waals surface area contributed by atoms with Crippen molar-refractivity contribution in [1.29, 1.82) is 0 Å². The van der Waals surface area contributed by atoms with Crippen LogP contribution < -0.4 is 0 Å². The fourth-order valence-electron chi connectivity index (χ4n) is 2.05. The first-order valence-electron chi connectivity index (χ1n) is 8.73. The van der Waals surface area contributed by atoms with Gasteiger partial charge in [-0.05, 0) is 33.4 Å². The topological polar surface area (TPSA) is 21.7 Å². The Balaban J connectivity index is -0.000000478. The second-order valence-corrected chi connectivity index (χ2v) is 4.33. The van der Waals surface area contributed by atoms with Gasteiger partial charge < -0.3 is 14.4 Å². The van der Waals surface area contributed by atoms with Gasteiger partial charge in [0.25, 0.3) is 0 Å². The highest BCUT2D eigenvalue weighted by Gasteiger charge is 2.25. The lowest BCUT2D eigenvalue weighted by molar-refractivity contribution is -0.0532. The number of rotatable bonds is 6. The van der Waals surface area contributed by atoms with Crippen molar-refractivity contribution in [2.24, 2.45) is 5.92 Å². The minimum Gasteiger partial charge on any atom is -0.381 e. The van der Waals surface area contributed by atoms with Crippen LogP contribution in [-0.4, -0.2) is 67.3 Å². The van der Waals surface area contributed by atoms with Crippen molar-refractivity contribution in [1.82, 2.24) is 4.90 Å². The molecule has 0 aromatic rings. The molecule has 0 amide bonds. The van der Waals surface area contributed by atoms with Crippen molar-refractivity contribution in [2.75, 3.05) is 40.0 Å². The molecule has 21 heavy (non-hydrogen) atoms. The number of ether oxygens (including phenoxy) is 2. The minimum atomic E-state index is 0.347. The van der Waals surface area contributed by atoms with E-state index in [0.717, 1.165) is 32.9 Å². The van der Waals surface area contributed by atoms with Gasteiger partial charge >= 0.3 is 0 Å². The lowest BCUT2D eigenvalue weighted by Crippen LogP contribution is -2.39. The predicted octanol–water partition coefficient (Wildman–Crippen LogP) is 4.03. The van der Waals surface area contributed by atoms with E-state index in [1.807, 2.05) is 33.5 Å². The van der Waals surface area contributed by atoms with Gasteiger partial charge in [-0.1, -0.05) is 34.6 Å². The molecule has 1 aliphatic heterocycles. The van der Waals surface area contributed by atoms with E-state index in [1.165, 1.54) is 12.8 Å². The number of nitrogens with zero attached hydrogens (tertiary/aromatic N) is 1. The Labute approximate surface area is 143 Å². The average molecular weight is 317 g/mol. The van der Waals surface area contributed by atoms with E-state index in [4.69, 9.17) is 9.47 Å². The van der Waals surface area contributed by atoms with Gasteiger partial charge in [0.15, 0.2) is 0 Å². The van der Waals surface area contributed by atoms with E-state index in [-0.39, 0.29) is 0 Å². The van der Waals surface area contributed by atoms with E-state index in [1.54, 1.807) is 0 Å². The number of hydrogen-bond donors (Lipinski definition) is 0. The van der Waals surface area contributed by atoms with Crippen molar-refractivity contribution in [2.45, 2.75) is 66.3 Å². The van der Waals surface area contributed by atoms with Crippen LogP contribution in [0.1, 0.15) is 54.4 Å². The molecule has 3 nitrogen and oxygen atoms in total. The third-order valence-electron chi connectivity index (χ3n) is 3.13. The summed E-state index contributed by atoms with van der Waals surface area (Å²) in [4.78, 5) is 2.31. The third-order valence-corrected chi connectivity index (χ3v) is 3.13. The Morgan fingerprint density at radius 3 is 2.14 bits per heavy atom. The third kappa shape index (κ3) is 15.1. The Hall–Kier alpha value is 0.412. The maximum atomic E-state index is 5.83. The van der Waals surface area contributed by atoms with Gasteiger partial charge in [-0.3, -0.25) is 0 Å². The van der Waals surface area contributed by atoms with Crippen LogP contribution in [-0.2, 0) is 9.47 Å². The Morgan fingerprint density at radius 2 is 1.76 bits per heavy atom. The minimum absolute atomic E-state index is 0.347. The molecule has 1 saturated heterocycles. The van der Waals surface area contributed by atoms with Crippen LogP contribution in [0, 0.1) is 5.92 Å². The van der Waals surface area contributed by atoms with Crippen molar-refractivity contribution < 1.29 is 9.47 Å². The van der Waals surface area contributed by atoms with Crippen molar-refractivity contribution >= 4 is 16.3 Å². The molecule has 2 radical (unpaired) electrons. The normalized spacial score (nSPS) is 18.2. The maximum Gasteiger partial charge on any atom is 0.112 e. The van der Waals surface area contributed by atoms with Crippen LogP contribution in [0.5, 0.6) is 0 Å². The quantitative estimate of drug-likeness (QED) is 0.691. The summed E-state index contributed by atoms with van der Waals surface area (Å²) >= 11 is 2.42. The first kappa shape index (κ1) is 26.3. The Bertz CT molecular complexity index is 165. The lowest BCUT2D eigenvalue weighted by atomic mass is 9.95. The Morgan fingerprint density at radius 1 is 1.19 bits per heavy atom. The van der Waals surface area contributed by atoms with Gasteiger partial charge in [0.2, 0.25) is 0 Å². The van der Waals surface area contributed by atoms with Crippen LogP contribution >= 0.6 is 0 Å². The molecule has 0 bridgehead atoms. The molecule has 0 N–H and O–H groups in total. The highest BCUT2D eigenvalue weighted by molar-refractivity contribution is 6.05. The zero-order valence-electron chi connectivity index (χ0n) is 15.9. The molecule has 2 unspecified atom stereocenters. The van der Waals surface area contributed by atoms with E-state index in [2.05, 4.69) is 42.1 Å². The Kier molecular flexibility index (Phi) is 28.4. The van der Waals surface area contributed by atoms with Gasteiger partial charge in [0.1, 0.15) is 16.3 Å². The molecule has 1 fully saturated rings. The summed E-state index contributed by atoms with van der Waals surface area (Å²) in [6.45, 7) is 17.0. The first-order valence-corrected chi connectivity index (χ1v) is 9.89. The molecule has 1 heterocycles. The summed E-state index contributed by atoms with van der Waals surface area (Å²) in [7, 11) is 2.15. The molecule has 1 rings (SSSR count). The van der Waals surface area contributed by atoms with Crippen LogP contribution in [0.15, 0.2) is 0 Å². The molecule has 0 saturated carbocycles. The van der Waals surface area contributed by atoms with E-state index in [9.17, 15) is 0 Å². The standard InChI is InChI=1S/C12H25NO2.2C2H6.CH3.Al/c1-4-13(3)9-12(15-5-2)11-7-6-8-14-10-11;2*1-2;;/h11-12H,4-10H2,1-3H3;2*1-2H3;1H3;. The average Bonchev–Trinajstić information content (AvgIpc) is 2.60. The number of likely N-dealkylation sites (N-methyl/N-ethyl adjacent to an activating group) is 1. The molecular formula is C17H40AlNO2. The molecule has 0 aromatic carbocycles. The fraction of sp³-hybridized carbons (Fsp3) is 1.00. The highest BCUT2D eigenvalue weighted by Crippen LogP contribution is 2.20. The van der Waals surface area contributed by atoms with E-state index in [0.29, 0.717) is 12.0 Å². The summed E-state index contributed by atoms with van der Waals surface area (Å²) in [6, 6.07) is 0. The van der Waals surface area contributed by atoms with Gasteiger partial charge in [0.05, 0.1) is 12.7 Å². The smallest absolute Gasteiger partial charge is 0.112 e. The van der Waals surface area contributed by atoms with Gasteiger partial charge in [-0.25, -0.2) is 0 Å². The van der Waals surface area contributed by atoms with E-state index < -0.39 is 0 Å². The molecule has 4 heteroatoms. The van der Waals surface area contributed by atoms with Crippen LogP contribution in [0.2, 0.25) is 5.79 Å². The summed E-state index contributed by atoms with van der Waals surface area (Å²) in [5, 5.41) is 0. The number of hydrogen-bond acceptors (Lipinski definition) is 3. The maximum absolute atomic E-state index is 5.83. The molecule has 0 aromatic heterocycles. The SMILES string of the molecule is CC.CC.CCOC(CN(C)CC)C1CCCOC1.[CH3][Al]. The monoisotopic (exact) mass is 317 g/mol. The van der Waals surface area contributed by atoms with Crippen LogP contribution in [0.4, 0.5) is 0 Å². The molecular weight excluding hydrogens is 277 g/mol. The predicted molar refractivity (Wildman–Crippen MR) is 96.4 cm³/mol.